The maximum Gasteiger partial charge on any atom is 0.337 e. The summed E-state index contributed by atoms with van der Waals surface area (Å²) in [5, 5.41) is 0. The average molecular weight is 285 g/mol. The zero-order valence-electron chi connectivity index (χ0n) is 11.5. The smallest absolute Gasteiger partial charge is 0.337 e. The third kappa shape index (κ3) is 2.38. The summed E-state index contributed by atoms with van der Waals surface area (Å²) in [7, 11) is 1.31. The first-order valence-electron chi connectivity index (χ1n) is 6.34. The second kappa shape index (κ2) is 5.01. The Balaban J connectivity index is 2.13. The van der Waals surface area contributed by atoms with Gasteiger partial charge in [0.25, 0.3) is 0 Å². The van der Waals surface area contributed by atoms with Crippen LogP contribution < -0.4 is 0 Å². The van der Waals surface area contributed by atoms with E-state index in [9.17, 15) is 9.18 Å². The fourth-order valence-corrected chi connectivity index (χ4v) is 2.09. The molecule has 2 aromatic carbocycles. The molecule has 0 N–H and O–H groups in total. The van der Waals surface area contributed by atoms with Gasteiger partial charge in [-0.15, -0.1) is 0 Å². The van der Waals surface area contributed by atoms with Gasteiger partial charge in [-0.3, -0.25) is 0 Å². The number of benzene rings is 2. The topological polar surface area (TPSA) is 52.3 Å². The molecule has 0 unspecified atom stereocenters. The minimum absolute atomic E-state index is 0.188. The minimum atomic E-state index is -0.455. The fraction of sp³-hybridized carbons (Fsp3) is 0.125. The monoisotopic (exact) mass is 285 g/mol. The predicted molar refractivity (Wildman–Crippen MR) is 75.5 cm³/mol. The summed E-state index contributed by atoms with van der Waals surface area (Å²) in [6, 6.07) is 9.47. The molecule has 0 saturated heterocycles. The highest BCUT2D eigenvalue weighted by molar-refractivity contribution is 5.93. The molecule has 0 aliphatic heterocycles. The highest BCUT2D eigenvalue weighted by Gasteiger charge is 2.14. The van der Waals surface area contributed by atoms with Gasteiger partial charge in [0.2, 0.25) is 5.89 Å². The SMILES string of the molecule is COC(=O)c1ccc2oc(-c3cc(C)ccc3F)nc2c1. The van der Waals surface area contributed by atoms with Crippen molar-refractivity contribution in [2.24, 2.45) is 0 Å². The van der Waals surface area contributed by atoms with Gasteiger partial charge < -0.3 is 9.15 Å². The average Bonchev–Trinajstić information content (AvgIpc) is 2.91. The summed E-state index contributed by atoms with van der Waals surface area (Å²) in [5.74, 6) is -0.670. The number of rotatable bonds is 2. The van der Waals surface area contributed by atoms with Crippen molar-refractivity contribution in [1.82, 2.24) is 4.98 Å². The molecule has 5 heteroatoms. The molecule has 0 radical (unpaired) electrons. The fourth-order valence-electron chi connectivity index (χ4n) is 2.09. The summed E-state index contributed by atoms with van der Waals surface area (Å²) in [6.07, 6.45) is 0. The van der Waals surface area contributed by atoms with Gasteiger partial charge >= 0.3 is 5.97 Å². The Morgan fingerprint density at radius 3 is 2.81 bits per heavy atom. The second-order valence-corrected chi connectivity index (χ2v) is 4.68. The van der Waals surface area contributed by atoms with E-state index in [0.29, 0.717) is 22.2 Å². The van der Waals surface area contributed by atoms with Crippen molar-refractivity contribution in [1.29, 1.82) is 0 Å². The van der Waals surface area contributed by atoms with Crippen LogP contribution >= 0.6 is 0 Å². The molecule has 4 nitrogen and oxygen atoms in total. The number of esters is 1. The molecule has 0 fully saturated rings. The minimum Gasteiger partial charge on any atom is -0.465 e. The van der Waals surface area contributed by atoms with Crippen LogP contribution in [0.4, 0.5) is 4.39 Å². The van der Waals surface area contributed by atoms with Gasteiger partial charge in [-0.05, 0) is 37.3 Å². The normalized spacial score (nSPS) is 10.8. The van der Waals surface area contributed by atoms with Crippen molar-refractivity contribution >= 4 is 17.1 Å². The first-order chi connectivity index (χ1) is 10.1. The predicted octanol–water partition coefficient (Wildman–Crippen LogP) is 3.73. The molecule has 21 heavy (non-hydrogen) atoms. The van der Waals surface area contributed by atoms with Crippen molar-refractivity contribution in [3.8, 4) is 11.5 Å². The van der Waals surface area contributed by atoms with Crippen molar-refractivity contribution in [3.05, 3.63) is 53.3 Å². The maximum atomic E-state index is 13.9. The van der Waals surface area contributed by atoms with Gasteiger partial charge in [0.05, 0.1) is 18.2 Å². The zero-order chi connectivity index (χ0) is 15.0. The number of carbonyl (C=O) groups excluding carboxylic acids is 1. The molecule has 0 aliphatic rings. The van der Waals surface area contributed by atoms with Gasteiger partial charge in [0.1, 0.15) is 11.3 Å². The lowest BCUT2D eigenvalue weighted by Crippen LogP contribution is -2.00. The van der Waals surface area contributed by atoms with E-state index in [4.69, 9.17) is 4.42 Å². The standard InChI is InChI=1S/C16H12FNO3/c1-9-3-5-12(17)11(7-9)15-18-13-8-10(16(19)20-2)4-6-14(13)21-15/h3-8H,1-2H3. The Hall–Kier alpha value is -2.69. The van der Waals surface area contributed by atoms with E-state index in [-0.39, 0.29) is 5.89 Å². The first-order valence-corrected chi connectivity index (χ1v) is 6.34. The highest BCUT2D eigenvalue weighted by Crippen LogP contribution is 2.27. The van der Waals surface area contributed by atoms with Crippen LogP contribution in [0.3, 0.4) is 0 Å². The molecule has 106 valence electrons. The molecule has 0 spiro atoms. The molecule has 0 saturated carbocycles. The summed E-state index contributed by atoms with van der Waals surface area (Å²) in [4.78, 5) is 15.7. The lowest BCUT2D eigenvalue weighted by atomic mass is 10.1. The third-order valence-corrected chi connectivity index (χ3v) is 3.16. The Bertz CT molecular complexity index is 839. The van der Waals surface area contributed by atoms with Gasteiger partial charge in [-0.2, -0.15) is 0 Å². The molecule has 3 aromatic rings. The lowest BCUT2D eigenvalue weighted by molar-refractivity contribution is 0.0601. The summed E-state index contributed by atoms with van der Waals surface area (Å²) in [5.41, 5.74) is 2.54. The number of ether oxygens (including phenoxy) is 1. The van der Waals surface area contributed by atoms with Crippen molar-refractivity contribution < 1.29 is 18.3 Å². The highest BCUT2D eigenvalue weighted by atomic mass is 19.1. The maximum absolute atomic E-state index is 13.9. The molecule has 0 aliphatic carbocycles. The van der Waals surface area contributed by atoms with Crippen molar-refractivity contribution in [2.75, 3.05) is 7.11 Å². The Kier molecular flexibility index (Phi) is 3.17. The van der Waals surface area contributed by atoms with E-state index in [1.807, 2.05) is 6.92 Å². The van der Waals surface area contributed by atoms with Gasteiger partial charge in [0.15, 0.2) is 5.58 Å². The Morgan fingerprint density at radius 2 is 2.05 bits per heavy atom. The van der Waals surface area contributed by atoms with Crippen LogP contribution in [-0.4, -0.2) is 18.1 Å². The number of hydrogen-bond acceptors (Lipinski definition) is 4. The van der Waals surface area contributed by atoms with Gasteiger partial charge in [-0.25, -0.2) is 14.2 Å². The number of fused-ring (bicyclic) bond motifs is 1. The van der Waals surface area contributed by atoms with Crippen LogP contribution in [0.15, 0.2) is 40.8 Å². The van der Waals surface area contributed by atoms with E-state index in [1.54, 1.807) is 30.3 Å². The lowest BCUT2D eigenvalue weighted by Gasteiger charge is -1.99. The van der Waals surface area contributed by atoms with Crippen LogP contribution in [0.25, 0.3) is 22.6 Å². The van der Waals surface area contributed by atoms with Crippen molar-refractivity contribution in [3.63, 3.8) is 0 Å². The third-order valence-electron chi connectivity index (χ3n) is 3.16. The Morgan fingerprint density at radius 1 is 1.24 bits per heavy atom. The van der Waals surface area contributed by atoms with Crippen LogP contribution in [0.1, 0.15) is 15.9 Å². The largest absolute Gasteiger partial charge is 0.465 e. The second-order valence-electron chi connectivity index (χ2n) is 4.68. The van der Waals surface area contributed by atoms with Gasteiger partial charge in [-0.1, -0.05) is 11.6 Å². The van der Waals surface area contributed by atoms with E-state index in [0.717, 1.165) is 5.56 Å². The number of hydrogen-bond donors (Lipinski definition) is 0. The number of aryl methyl sites for hydroxylation is 1. The number of methoxy groups -OCH3 is 1. The zero-order valence-corrected chi connectivity index (χ0v) is 11.5. The van der Waals surface area contributed by atoms with E-state index in [2.05, 4.69) is 9.72 Å². The molecular formula is C16H12FNO3. The van der Waals surface area contributed by atoms with Gasteiger partial charge in [0, 0.05) is 0 Å². The number of nitrogens with zero attached hydrogens (tertiary/aromatic N) is 1. The molecule has 1 aromatic heterocycles. The summed E-state index contributed by atoms with van der Waals surface area (Å²) >= 11 is 0. The van der Waals surface area contributed by atoms with Crippen LogP contribution in [0.5, 0.6) is 0 Å². The van der Waals surface area contributed by atoms with E-state index >= 15 is 0 Å². The summed E-state index contributed by atoms with van der Waals surface area (Å²) < 4.78 is 24.1. The van der Waals surface area contributed by atoms with Crippen molar-refractivity contribution in [2.45, 2.75) is 6.92 Å². The molecular weight excluding hydrogens is 273 g/mol. The molecule has 1 heterocycles. The quantitative estimate of drug-likeness (QED) is 0.673. The number of carbonyl (C=O) groups is 1. The number of aromatic nitrogens is 1. The molecule has 3 rings (SSSR count). The van der Waals surface area contributed by atoms with Crippen LogP contribution in [0.2, 0.25) is 0 Å². The molecule has 0 atom stereocenters. The number of halogens is 1. The van der Waals surface area contributed by atoms with Crippen LogP contribution in [0, 0.1) is 12.7 Å². The molecule has 0 amide bonds. The summed E-state index contributed by atoms with van der Waals surface area (Å²) in [6.45, 7) is 1.86. The van der Waals surface area contributed by atoms with Crippen LogP contribution in [-0.2, 0) is 4.74 Å². The van der Waals surface area contributed by atoms with E-state index in [1.165, 1.54) is 13.2 Å². The number of oxazole rings is 1. The first kappa shape index (κ1) is 13.3. The molecule has 0 bridgehead atoms. The van der Waals surface area contributed by atoms with E-state index < -0.39 is 11.8 Å². The Labute approximate surface area is 120 Å².